The molecule has 1 amide bonds. The van der Waals surface area contributed by atoms with E-state index in [4.69, 9.17) is 5.73 Å². The van der Waals surface area contributed by atoms with Gasteiger partial charge in [-0.05, 0) is 55.7 Å². The molecule has 3 atom stereocenters. The third-order valence-corrected chi connectivity index (χ3v) is 4.99. The number of nitrogens with one attached hydrogen (secondary N) is 1. The Kier molecular flexibility index (Phi) is 4.06. The average molecular weight is 272 g/mol. The maximum absolute atomic E-state index is 12.4. The molecule has 0 heterocycles. The number of aryl methyl sites for hydroxylation is 1. The number of fused-ring (bicyclic) bond motifs is 1. The van der Waals surface area contributed by atoms with E-state index in [9.17, 15) is 4.79 Å². The van der Waals surface area contributed by atoms with Crippen LogP contribution in [-0.2, 0) is 17.6 Å². The van der Waals surface area contributed by atoms with E-state index in [2.05, 4.69) is 29.6 Å². The van der Waals surface area contributed by atoms with Gasteiger partial charge in [-0.25, -0.2) is 0 Å². The molecule has 0 aromatic heterocycles. The van der Waals surface area contributed by atoms with Gasteiger partial charge in [-0.15, -0.1) is 0 Å². The zero-order valence-electron chi connectivity index (χ0n) is 12.0. The van der Waals surface area contributed by atoms with Crippen molar-refractivity contribution in [2.75, 3.05) is 6.54 Å². The van der Waals surface area contributed by atoms with Crippen LogP contribution in [0.2, 0.25) is 0 Å². The van der Waals surface area contributed by atoms with Crippen LogP contribution >= 0.6 is 0 Å². The molecule has 3 unspecified atom stereocenters. The Morgan fingerprint density at radius 3 is 2.80 bits per heavy atom. The summed E-state index contributed by atoms with van der Waals surface area (Å²) in [5.74, 6) is 0.783. The second-order valence-electron chi connectivity index (χ2n) is 6.25. The summed E-state index contributed by atoms with van der Waals surface area (Å²) in [4.78, 5) is 12.4. The minimum atomic E-state index is 0.150. The number of hydrogen-bond donors (Lipinski definition) is 2. The molecule has 20 heavy (non-hydrogen) atoms. The van der Waals surface area contributed by atoms with Crippen LogP contribution in [0.3, 0.4) is 0 Å². The maximum atomic E-state index is 12.4. The quantitative estimate of drug-likeness (QED) is 0.884. The molecule has 0 spiro atoms. The summed E-state index contributed by atoms with van der Waals surface area (Å²) in [6, 6.07) is 8.88. The Labute approximate surface area is 120 Å². The van der Waals surface area contributed by atoms with Crippen LogP contribution in [0.25, 0.3) is 0 Å². The molecule has 0 aliphatic heterocycles. The Balaban J connectivity index is 1.60. The molecular formula is C17H24N2O. The molecule has 1 aromatic rings. The summed E-state index contributed by atoms with van der Waals surface area (Å²) in [6.07, 6.45) is 6.38. The number of nitrogens with two attached hydrogens (primary N) is 1. The normalized spacial score (nSPS) is 28.9. The molecule has 3 heteroatoms. The van der Waals surface area contributed by atoms with Crippen LogP contribution in [0, 0.1) is 11.8 Å². The smallest absolute Gasteiger partial charge is 0.223 e. The minimum absolute atomic E-state index is 0.150. The van der Waals surface area contributed by atoms with Gasteiger partial charge in [0.15, 0.2) is 0 Å². The van der Waals surface area contributed by atoms with Crippen molar-refractivity contribution in [3.8, 4) is 0 Å². The fraction of sp³-hybridized carbons (Fsp3) is 0.588. The van der Waals surface area contributed by atoms with Crippen molar-refractivity contribution in [3.05, 3.63) is 35.4 Å². The standard InChI is InChI=1S/C17H24N2O/c18-11-14-6-3-7-16(14)17(20)19-15-9-8-12-4-1-2-5-13(12)10-15/h1-2,4-5,14-16H,3,6-11,18H2,(H,19,20). The third kappa shape index (κ3) is 2.73. The molecule has 1 saturated carbocycles. The van der Waals surface area contributed by atoms with Gasteiger partial charge in [0.05, 0.1) is 0 Å². The van der Waals surface area contributed by atoms with E-state index in [-0.39, 0.29) is 11.8 Å². The highest BCUT2D eigenvalue weighted by Gasteiger charge is 2.33. The van der Waals surface area contributed by atoms with Gasteiger partial charge < -0.3 is 11.1 Å². The molecule has 1 aromatic carbocycles. The fourth-order valence-corrected chi connectivity index (χ4v) is 3.79. The van der Waals surface area contributed by atoms with Gasteiger partial charge >= 0.3 is 0 Å². The Morgan fingerprint density at radius 2 is 2.00 bits per heavy atom. The van der Waals surface area contributed by atoms with Crippen molar-refractivity contribution in [1.29, 1.82) is 0 Å². The topological polar surface area (TPSA) is 55.1 Å². The van der Waals surface area contributed by atoms with Gasteiger partial charge in [0.2, 0.25) is 5.91 Å². The summed E-state index contributed by atoms with van der Waals surface area (Å²) in [5.41, 5.74) is 8.62. The van der Waals surface area contributed by atoms with Crippen molar-refractivity contribution in [2.24, 2.45) is 17.6 Å². The van der Waals surface area contributed by atoms with Gasteiger partial charge in [-0.3, -0.25) is 4.79 Å². The zero-order chi connectivity index (χ0) is 13.9. The number of hydrogen-bond acceptors (Lipinski definition) is 2. The van der Waals surface area contributed by atoms with Gasteiger partial charge in [-0.2, -0.15) is 0 Å². The highest BCUT2D eigenvalue weighted by Crippen LogP contribution is 2.31. The van der Waals surface area contributed by atoms with Crippen molar-refractivity contribution in [1.82, 2.24) is 5.32 Å². The van der Waals surface area contributed by atoms with Crippen molar-refractivity contribution in [3.63, 3.8) is 0 Å². The molecule has 3 N–H and O–H groups in total. The zero-order valence-corrected chi connectivity index (χ0v) is 12.0. The highest BCUT2D eigenvalue weighted by molar-refractivity contribution is 5.79. The Morgan fingerprint density at radius 1 is 1.20 bits per heavy atom. The third-order valence-electron chi connectivity index (χ3n) is 4.99. The van der Waals surface area contributed by atoms with E-state index in [1.54, 1.807) is 0 Å². The van der Waals surface area contributed by atoms with Crippen molar-refractivity contribution < 1.29 is 4.79 Å². The first kappa shape index (κ1) is 13.6. The number of rotatable bonds is 3. The number of carbonyl (C=O) groups is 1. The van der Waals surface area contributed by atoms with Gasteiger partial charge in [0.1, 0.15) is 0 Å². The van der Waals surface area contributed by atoms with E-state index < -0.39 is 0 Å². The first-order valence-corrected chi connectivity index (χ1v) is 7.85. The summed E-state index contributed by atoms with van der Waals surface area (Å²) in [5, 5.41) is 3.27. The van der Waals surface area contributed by atoms with Crippen LogP contribution in [-0.4, -0.2) is 18.5 Å². The lowest BCUT2D eigenvalue weighted by atomic mass is 9.87. The molecule has 3 rings (SSSR count). The summed E-state index contributed by atoms with van der Waals surface area (Å²) < 4.78 is 0. The molecule has 0 bridgehead atoms. The second kappa shape index (κ2) is 5.96. The molecule has 3 nitrogen and oxygen atoms in total. The Bertz CT molecular complexity index is 486. The van der Waals surface area contributed by atoms with Gasteiger partial charge in [-0.1, -0.05) is 30.7 Å². The van der Waals surface area contributed by atoms with Crippen molar-refractivity contribution >= 4 is 5.91 Å². The summed E-state index contributed by atoms with van der Waals surface area (Å²) >= 11 is 0. The largest absolute Gasteiger partial charge is 0.353 e. The lowest BCUT2D eigenvalue weighted by Gasteiger charge is -2.27. The highest BCUT2D eigenvalue weighted by atomic mass is 16.2. The van der Waals surface area contributed by atoms with Crippen LogP contribution in [0.4, 0.5) is 0 Å². The van der Waals surface area contributed by atoms with Crippen LogP contribution in [0.1, 0.15) is 36.8 Å². The first-order chi connectivity index (χ1) is 9.78. The molecule has 1 fully saturated rings. The predicted octanol–water partition coefficient (Wildman–Crippen LogP) is 2.04. The first-order valence-electron chi connectivity index (χ1n) is 7.85. The van der Waals surface area contributed by atoms with E-state index in [1.165, 1.54) is 11.1 Å². The number of amides is 1. The van der Waals surface area contributed by atoms with E-state index in [1.807, 2.05) is 0 Å². The predicted molar refractivity (Wildman–Crippen MR) is 80.3 cm³/mol. The molecular weight excluding hydrogens is 248 g/mol. The minimum Gasteiger partial charge on any atom is -0.353 e. The van der Waals surface area contributed by atoms with Gasteiger partial charge in [0.25, 0.3) is 0 Å². The van der Waals surface area contributed by atoms with Crippen LogP contribution < -0.4 is 11.1 Å². The molecule has 2 aliphatic carbocycles. The fourth-order valence-electron chi connectivity index (χ4n) is 3.79. The number of carbonyl (C=O) groups excluding carboxylic acids is 1. The molecule has 0 radical (unpaired) electrons. The van der Waals surface area contributed by atoms with Crippen LogP contribution in [0.5, 0.6) is 0 Å². The lowest BCUT2D eigenvalue weighted by Crippen LogP contribution is -2.43. The summed E-state index contributed by atoms with van der Waals surface area (Å²) in [7, 11) is 0. The monoisotopic (exact) mass is 272 g/mol. The SMILES string of the molecule is NCC1CCCC1C(=O)NC1CCc2ccccc2C1. The lowest BCUT2D eigenvalue weighted by molar-refractivity contribution is -0.126. The maximum Gasteiger partial charge on any atom is 0.223 e. The molecule has 0 saturated heterocycles. The van der Waals surface area contributed by atoms with E-state index in [0.29, 0.717) is 18.5 Å². The summed E-state index contributed by atoms with van der Waals surface area (Å²) in [6.45, 7) is 0.644. The van der Waals surface area contributed by atoms with E-state index in [0.717, 1.165) is 38.5 Å². The number of benzene rings is 1. The van der Waals surface area contributed by atoms with Gasteiger partial charge in [0, 0.05) is 12.0 Å². The van der Waals surface area contributed by atoms with Crippen molar-refractivity contribution in [2.45, 2.75) is 44.6 Å². The van der Waals surface area contributed by atoms with Crippen LogP contribution in [0.15, 0.2) is 24.3 Å². The molecule has 108 valence electrons. The Hall–Kier alpha value is -1.35. The second-order valence-corrected chi connectivity index (χ2v) is 6.25. The van der Waals surface area contributed by atoms with E-state index >= 15 is 0 Å². The molecule has 2 aliphatic rings. The average Bonchev–Trinajstić information content (AvgIpc) is 2.95.